The molecule has 0 spiro atoms. The van der Waals surface area contributed by atoms with E-state index < -0.39 is 17.7 Å². The Balaban J connectivity index is 2.44. The van der Waals surface area contributed by atoms with Crippen molar-refractivity contribution in [2.45, 2.75) is 6.04 Å². The van der Waals surface area contributed by atoms with Crippen LogP contribution in [0.4, 0.5) is 8.78 Å². The van der Waals surface area contributed by atoms with Crippen LogP contribution in [0.25, 0.3) is 0 Å². The summed E-state index contributed by atoms with van der Waals surface area (Å²) in [5, 5.41) is 0.319. The normalized spacial score (nSPS) is 12.5. The van der Waals surface area contributed by atoms with Crippen molar-refractivity contribution in [3.05, 3.63) is 69.2 Å². The fraction of sp³-hybridized carbons (Fsp3) is 0.0769. The smallest absolute Gasteiger partial charge is 0.141 e. The molecule has 0 amide bonds. The zero-order chi connectivity index (χ0) is 13.3. The maximum Gasteiger partial charge on any atom is 0.141 e. The molecule has 0 bridgehead atoms. The van der Waals surface area contributed by atoms with Crippen LogP contribution in [-0.4, -0.2) is 0 Å². The van der Waals surface area contributed by atoms with Gasteiger partial charge in [0.1, 0.15) is 11.6 Å². The number of rotatable bonds is 2. The minimum atomic E-state index is -0.661. The first-order valence-corrected chi connectivity index (χ1v) is 5.90. The molecule has 0 aromatic heterocycles. The summed E-state index contributed by atoms with van der Waals surface area (Å²) in [5.74, 6) is -0.962. The van der Waals surface area contributed by atoms with Crippen molar-refractivity contribution in [2.24, 2.45) is 5.73 Å². The van der Waals surface area contributed by atoms with Gasteiger partial charge in [-0.1, -0.05) is 29.3 Å². The Labute approximate surface area is 113 Å². The van der Waals surface area contributed by atoms with Gasteiger partial charge in [-0.2, -0.15) is 0 Å². The lowest BCUT2D eigenvalue weighted by Gasteiger charge is -2.14. The lowest BCUT2D eigenvalue weighted by molar-refractivity contribution is 0.621. The van der Waals surface area contributed by atoms with Gasteiger partial charge in [0.2, 0.25) is 0 Å². The van der Waals surface area contributed by atoms with Gasteiger partial charge in [0.25, 0.3) is 0 Å². The van der Waals surface area contributed by atoms with Crippen molar-refractivity contribution in [2.75, 3.05) is 0 Å². The zero-order valence-electron chi connectivity index (χ0n) is 9.13. The van der Waals surface area contributed by atoms with Crippen molar-refractivity contribution in [3.63, 3.8) is 0 Å². The van der Waals surface area contributed by atoms with E-state index in [1.165, 1.54) is 36.4 Å². The topological polar surface area (TPSA) is 26.0 Å². The third-order valence-electron chi connectivity index (χ3n) is 2.60. The van der Waals surface area contributed by atoms with Crippen LogP contribution in [-0.2, 0) is 0 Å². The van der Waals surface area contributed by atoms with Gasteiger partial charge < -0.3 is 5.73 Å². The van der Waals surface area contributed by atoms with Crippen molar-refractivity contribution >= 4 is 23.2 Å². The second-order valence-electron chi connectivity index (χ2n) is 3.82. The Bertz CT molecular complexity index is 587. The van der Waals surface area contributed by atoms with Crippen LogP contribution >= 0.6 is 23.2 Å². The van der Waals surface area contributed by atoms with Crippen LogP contribution in [0.15, 0.2) is 36.4 Å². The second-order valence-corrected chi connectivity index (χ2v) is 4.63. The fourth-order valence-corrected chi connectivity index (χ4v) is 2.06. The minimum absolute atomic E-state index is 0.0320. The molecule has 1 unspecified atom stereocenters. The van der Waals surface area contributed by atoms with E-state index in [2.05, 4.69) is 0 Å². The summed E-state index contributed by atoms with van der Waals surface area (Å²) in [6, 6.07) is 7.38. The molecule has 0 saturated heterocycles. The summed E-state index contributed by atoms with van der Waals surface area (Å²) < 4.78 is 26.2. The maximum absolute atomic E-state index is 13.2. The number of hydrogen-bond acceptors (Lipinski definition) is 1. The molecule has 18 heavy (non-hydrogen) atoms. The third kappa shape index (κ3) is 2.64. The molecule has 0 heterocycles. The third-order valence-corrected chi connectivity index (χ3v) is 3.23. The number of benzene rings is 2. The molecule has 1 atom stereocenters. The first-order chi connectivity index (χ1) is 8.49. The van der Waals surface area contributed by atoms with E-state index in [1.54, 1.807) is 0 Å². The van der Waals surface area contributed by atoms with Crippen LogP contribution in [0.5, 0.6) is 0 Å². The van der Waals surface area contributed by atoms with Gasteiger partial charge in [0.05, 0.1) is 11.1 Å². The SMILES string of the molecule is NC(c1ccc(F)c(Cl)c1)c1cc(F)ccc1Cl. The van der Waals surface area contributed by atoms with E-state index >= 15 is 0 Å². The molecule has 0 radical (unpaired) electrons. The Kier molecular flexibility index (Phi) is 3.85. The fourth-order valence-electron chi connectivity index (χ4n) is 1.64. The van der Waals surface area contributed by atoms with Crippen molar-refractivity contribution < 1.29 is 8.78 Å². The van der Waals surface area contributed by atoms with Crippen LogP contribution < -0.4 is 5.73 Å². The van der Waals surface area contributed by atoms with Gasteiger partial charge in [0, 0.05) is 5.02 Å². The van der Waals surface area contributed by atoms with Crippen LogP contribution in [0.2, 0.25) is 10.0 Å². The highest BCUT2D eigenvalue weighted by atomic mass is 35.5. The first-order valence-electron chi connectivity index (χ1n) is 5.14. The maximum atomic E-state index is 13.2. The molecule has 5 heteroatoms. The largest absolute Gasteiger partial charge is 0.320 e. The molecule has 0 aliphatic carbocycles. The van der Waals surface area contributed by atoms with Gasteiger partial charge >= 0.3 is 0 Å². The van der Waals surface area contributed by atoms with E-state index in [1.807, 2.05) is 0 Å². The zero-order valence-corrected chi connectivity index (χ0v) is 10.6. The van der Waals surface area contributed by atoms with Gasteiger partial charge in [-0.15, -0.1) is 0 Å². The van der Waals surface area contributed by atoms with Crippen molar-refractivity contribution in [1.82, 2.24) is 0 Å². The molecule has 2 aromatic carbocycles. The van der Waals surface area contributed by atoms with E-state index in [4.69, 9.17) is 28.9 Å². The summed E-state index contributed by atoms with van der Waals surface area (Å²) in [4.78, 5) is 0. The molecule has 94 valence electrons. The summed E-state index contributed by atoms with van der Waals surface area (Å²) in [7, 11) is 0. The standard InChI is InChI=1S/C13H9Cl2F2N/c14-10-3-2-8(16)6-9(10)13(18)7-1-4-12(17)11(15)5-7/h1-6,13H,18H2. The predicted molar refractivity (Wildman–Crippen MR) is 68.9 cm³/mol. The summed E-state index contributed by atoms with van der Waals surface area (Å²) in [6.07, 6.45) is 0. The lowest BCUT2D eigenvalue weighted by atomic mass is 9.99. The Hall–Kier alpha value is -1.16. The highest BCUT2D eigenvalue weighted by Gasteiger charge is 2.14. The molecular weight excluding hydrogens is 279 g/mol. The highest BCUT2D eigenvalue weighted by Crippen LogP contribution is 2.29. The van der Waals surface area contributed by atoms with Crippen LogP contribution in [0.3, 0.4) is 0 Å². The highest BCUT2D eigenvalue weighted by molar-refractivity contribution is 6.31. The molecule has 0 aliphatic heterocycles. The molecule has 0 saturated carbocycles. The van der Waals surface area contributed by atoms with Crippen molar-refractivity contribution in [1.29, 1.82) is 0 Å². The molecular formula is C13H9Cl2F2N. The monoisotopic (exact) mass is 287 g/mol. The molecule has 0 aliphatic rings. The molecule has 0 fully saturated rings. The van der Waals surface area contributed by atoms with E-state index in [-0.39, 0.29) is 5.02 Å². The second kappa shape index (κ2) is 5.22. The molecule has 1 nitrogen and oxygen atoms in total. The van der Waals surface area contributed by atoms with Gasteiger partial charge in [-0.05, 0) is 41.5 Å². The lowest BCUT2D eigenvalue weighted by Crippen LogP contribution is -2.12. The van der Waals surface area contributed by atoms with E-state index in [0.717, 1.165) is 0 Å². The number of halogens is 4. The number of hydrogen-bond donors (Lipinski definition) is 1. The predicted octanol–water partition coefficient (Wildman–Crippen LogP) is 4.32. The average Bonchev–Trinajstić information content (AvgIpc) is 2.35. The first kappa shape index (κ1) is 13.3. The Morgan fingerprint density at radius 2 is 1.67 bits per heavy atom. The molecule has 2 aromatic rings. The Morgan fingerprint density at radius 3 is 2.33 bits per heavy atom. The quantitative estimate of drug-likeness (QED) is 0.875. The van der Waals surface area contributed by atoms with E-state index in [9.17, 15) is 8.78 Å². The molecule has 2 N–H and O–H groups in total. The average molecular weight is 288 g/mol. The van der Waals surface area contributed by atoms with Gasteiger partial charge in [-0.25, -0.2) is 8.78 Å². The van der Waals surface area contributed by atoms with Gasteiger partial charge in [0.15, 0.2) is 0 Å². The summed E-state index contributed by atoms with van der Waals surface area (Å²) >= 11 is 11.6. The summed E-state index contributed by atoms with van der Waals surface area (Å²) in [5.41, 5.74) is 6.97. The molecule has 2 rings (SSSR count). The minimum Gasteiger partial charge on any atom is -0.320 e. The summed E-state index contributed by atoms with van der Waals surface area (Å²) in [6.45, 7) is 0. The van der Waals surface area contributed by atoms with Crippen molar-refractivity contribution in [3.8, 4) is 0 Å². The Morgan fingerprint density at radius 1 is 0.944 bits per heavy atom. The van der Waals surface area contributed by atoms with Crippen LogP contribution in [0, 0.1) is 11.6 Å². The van der Waals surface area contributed by atoms with E-state index in [0.29, 0.717) is 16.1 Å². The van der Waals surface area contributed by atoms with Gasteiger partial charge in [-0.3, -0.25) is 0 Å². The number of nitrogens with two attached hydrogens (primary N) is 1. The van der Waals surface area contributed by atoms with Crippen LogP contribution in [0.1, 0.15) is 17.2 Å².